The van der Waals surface area contributed by atoms with Crippen molar-refractivity contribution in [1.29, 1.82) is 0 Å². The Bertz CT molecular complexity index is 967. The molecule has 4 nitrogen and oxygen atoms in total. The van der Waals surface area contributed by atoms with Crippen molar-refractivity contribution in [3.63, 3.8) is 0 Å². The average Bonchev–Trinajstić information content (AvgIpc) is 3.03. The van der Waals surface area contributed by atoms with Gasteiger partial charge in [0.15, 0.2) is 0 Å². The molecule has 0 fully saturated rings. The van der Waals surface area contributed by atoms with E-state index in [4.69, 9.17) is 0 Å². The van der Waals surface area contributed by atoms with Crippen LogP contribution in [-0.2, 0) is 16.6 Å². The van der Waals surface area contributed by atoms with E-state index in [2.05, 4.69) is 10.0 Å². The largest absolute Gasteiger partial charge is 0.381 e. The van der Waals surface area contributed by atoms with Crippen LogP contribution in [0.3, 0.4) is 0 Å². The van der Waals surface area contributed by atoms with Gasteiger partial charge in [-0.25, -0.2) is 12.8 Å². The number of halogens is 1. The number of aryl methyl sites for hydroxylation is 1. The van der Waals surface area contributed by atoms with Crippen LogP contribution in [-0.4, -0.2) is 8.42 Å². The highest BCUT2D eigenvalue weighted by Gasteiger charge is 2.16. The van der Waals surface area contributed by atoms with Gasteiger partial charge < -0.3 is 5.32 Å². The quantitative estimate of drug-likeness (QED) is 0.661. The zero-order valence-electron chi connectivity index (χ0n) is 13.5. The number of thiophene rings is 1. The lowest BCUT2D eigenvalue weighted by molar-refractivity contribution is 0.603. The molecule has 0 saturated carbocycles. The fraction of sp³-hybridized carbons (Fsp3) is 0.111. The van der Waals surface area contributed by atoms with Crippen LogP contribution < -0.4 is 10.0 Å². The van der Waals surface area contributed by atoms with Crippen LogP contribution >= 0.6 is 11.3 Å². The molecule has 0 atom stereocenters. The summed E-state index contributed by atoms with van der Waals surface area (Å²) >= 11 is 1.23. The van der Waals surface area contributed by atoms with E-state index < -0.39 is 10.0 Å². The molecule has 0 amide bonds. The number of sulfonamides is 1. The van der Waals surface area contributed by atoms with Crippen molar-refractivity contribution in [2.75, 3.05) is 10.0 Å². The molecule has 0 aliphatic heterocycles. The predicted molar refractivity (Wildman–Crippen MR) is 100 cm³/mol. The summed E-state index contributed by atoms with van der Waals surface area (Å²) in [6.07, 6.45) is 0. The third-order valence-corrected chi connectivity index (χ3v) is 6.43. The molecular weight excluding hydrogens is 359 g/mol. The molecule has 130 valence electrons. The highest BCUT2D eigenvalue weighted by atomic mass is 32.2. The summed E-state index contributed by atoms with van der Waals surface area (Å²) in [6, 6.07) is 16.8. The smallest absolute Gasteiger partial charge is 0.271 e. The van der Waals surface area contributed by atoms with E-state index in [-0.39, 0.29) is 10.0 Å². The van der Waals surface area contributed by atoms with E-state index in [1.165, 1.54) is 17.4 Å². The van der Waals surface area contributed by atoms with Crippen molar-refractivity contribution in [1.82, 2.24) is 0 Å². The Balaban J connectivity index is 1.65. The standard InChI is InChI=1S/C18H17FN2O2S2/c1-13-6-11-18(24-13)25(22,23)21-16-9-7-15(8-10-16)20-12-14-4-2-3-5-17(14)19/h2-11,20-21H,12H2,1H3. The summed E-state index contributed by atoms with van der Waals surface area (Å²) in [5, 5.41) is 3.11. The molecule has 7 heteroatoms. The van der Waals surface area contributed by atoms with Crippen LogP contribution in [0.4, 0.5) is 15.8 Å². The van der Waals surface area contributed by atoms with Gasteiger partial charge in [-0.2, -0.15) is 0 Å². The van der Waals surface area contributed by atoms with Crippen LogP contribution in [0, 0.1) is 12.7 Å². The summed E-state index contributed by atoms with van der Waals surface area (Å²) in [6.45, 7) is 2.21. The van der Waals surface area contributed by atoms with E-state index in [1.54, 1.807) is 54.6 Å². The molecule has 0 bridgehead atoms. The van der Waals surface area contributed by atoms with Crippen LogP contribution in [0.15, 0.2) is 64.9 Å². The first-order chi connectivity index (χ1) is 11.9. The van der Waals surface area contributed by atoms with E-state index in [1.807, 2.05) is 6.92 Å². The zero-order chi connectivity index (χ0) is 17.9. The second-order valence-electron chi connectivity index (χ2n) is 5.49. The Morgan fingerprint density at radius 1 is 0.960 bits per heavy atom. The van der Waals surface area contributed by atoms with Crippen molar-refractivity contribution < 1.29 is 12.8 Å². The number of hydrogen-bond acceptors (Lipinski definition) is 4. The molecule has 0 unspecified atom stereocenters. The van der Waals surface area contributed by atoms with Crippen LogP contribution in [0.2, 0.25) is 0 Å². The predicted octanol–water partition coefficient (Wildman–Crippen LogP) is 4.61. The Morgan fingerprint density at radius 3 is 2.28 bits per heavy atom. The molecule has 0 saturated heterocycles. The van der Waals surface area contributed by atoms with Gasteiger partial charge in [-0.1, -0.05) is 18.2 Å². The maximum Gasteiger partial charge on any atom is 0.271 e. The minimum Gasteiger partial charge on any atom is -0.381 e. The number of nitrogens with one attached hydrogen (secondary N) is 2. The topological polar surface area (TPSA) is 58.2 Å². The third kappa shape index (κ3) is 4.37. The van der Waals surface area contributed by atoms with Gasteiger partial charge in [0.1, 0.15) is 10.0 Å². The van der Waals surface area contributed by atoms with Crippen LogP contribution in [0.5, 0.6) is 0 Å². The second-order valence-corrected chi connectivity index (χ2v) is 8.69. The first kappa shape index (κ1) is 17.4. The number of anilines is 2. The first-order valence-corrected chi connectivity index (χ1v) is 9.90. The SMILES string of the molecule is Cc1ccc(S(=O)(=O)Nc2ccc(NCc3ccccc3F)cc2)s1. The number of benzene rings is 2. The van der Waals surface area contributed by atoms with Crippen molar-refractivity contribution in [2.24, 2.45) is 0 Å². The minimum atomic E-state index is -3.57. The fourth-order valence-electron chi connectivity index (χ4n) is 2.26. The molecule has 1 heterocycles. The maximum absolute atomic E-state index is 13.6. The molecule has 2 aromatic carbocycles. The van der Waals surface area contributed by atoms with Gasteiger partial charge >= 0.3 is 0 Å². The number of rotatable bonds is 6. The normalized spacial score (nSPS) is 11.3. The van der Waals surface area contributed by atoms with Gasteiger partial charge in [0.25, 0.3) is 10.0 Å². The summed E-state index contributed by atoms with van der Waals surface area (Å²) in [5.74, 6) is -0.259. The molecule has 3 rings (SSSR count). The summed E-state index contributed by atoms with van der Waals surface area (Å²) in [7, 11) is -3.57. The van der Waals surface area contributed by atoms with E-state index in [0.29, 0.717) is 17.8 Å². The van der Waals surface area contributed by atoms with E-state index in [0.717, 1.165) is 10.6 Å². The monoisotopic (exact) mass is 376 g/mol. The molecule has 0 aliphatic carbocycles. The molecule has 0 radical (unpaired) electrons. The van der Waals surface area contributed by atoms with Gasteiger partial charge in [0.05, 0.1) is 0 Å². The Hall–Kier alpha value is -2.38. The lowest BCUT2D eigenvalue weighted by Crippen LogP contribution is -2.11. The Labute approximate surface area is 150 Å². The van der Waals surface area contributed by atoms with Crippen LogP contribution in [0.1, 0.15) is 10.4 Å². The van der Waals surface area contributed by atoms with E-state index >= 15 is 0 Å². The van der Waals surface area contributed by atoms with Gasteiger partial charge in [0.2, 0.25) is 0 Å². The van der Waals surface area contributed by atoms with Gasteiger partial charge in [-0.15, -0.1) is 11.3 Å². The average molecular weight is 376 g/mol. The lowest BCUT2D eigenvalue weighted by atomic mass is 10.2. The fourth-order valence-corrected chi connectivity index (χ4v) is 4.60. The molecule has 0 aliphatic rings. The Kier molecular flexibility index (Phi) is 5.06. The van der Waals surface area contributed by atoms with Crippen molar-refractivity contribution in [2.45, 2.75) is 17.7 Å². The summed E-state index contributed by atoms with van der Waals surface area (Å²) in [4.78, 5) is 0.938. The molecule has 3 aromatic rings. The zero-order valence-corrected chi connectivity index (χ0v) is 15.1. The van der Waals surface area contributed by atoms with Crippen molar-refractivity contribution >= 4 is 32.7 Å². The molecule has 0 spiro atoms. The highest BCUT2D eigenvalue weighted by molar-refractivity contribution is 7.94. The summed E-state index contributed by atoms with van der Waals surface area (Å²) in [5.41, 5.74) is 1.82. The lowest BCUT2D eigenvalue weighted by Gasteiger charge is -2.10. The minimum absolute atomic E-state index is 0.259. The maximum atomic E-state index is 13.6. The van der Waals surface area contributed by atoms with Crippen molar-refractivity contribution in [3.05, 3.63) is 76.9 Å². The first-order valence-electron chi connectivity index (χ1n) is 7.61. The van der Waals surface area contributed by atoms with Crippen molar-refractivity contribution in [3.8, 4) is 0 Å². The molecule has 2 N–H and O–H groups in total. The second kappa shape index (κ2) is 7.25. The van der Waals surface area contributed by atoms with Gasteiger partial charge in [-0.3, -0.25) is 4.72 Å². The third-order valence-electron chi connectivity index (χ3n) is 3.56. The highest BCUT2D eigenvalue weighted by Crippen LogP contribution is 2.24. The molecular formula is C18H17FN2O2S2. The van der Waals surface area contributed by atoms with Crippen LogP contribution in [0.25, 0.3) is 0 Å². The van der Waals surface area contributed by atoms with E-state index in [9.17, 15) is 12.8 Å². The van der Waals surface area contributed by atoms with Gasteiger partial charge in [-0.05, 0) is 49.4 Å². The Morgan fingerprint density at radius 2 is 1.64 bits per heavy atom. The van der Waals surface area contributed by atoms with Gasteiger partial charge in [0, 0.05) is 28.4 Å². The number of hydrogen-bond donors (Lipinski definition) is 2. The molecule has 1 aromatic heterocycles. The molecule has 25 heavy (non-hydrogen) atoms. The summed E-state index contributed by atoms with van der Waals surface area (Å²) < 4.78 is 41.0.